The maximum Gasteiger partial charge on any atom is 0.266 e. The van der Waals surface area contributed by atoms with Crippen LogP contribution in [0.4, 0.5) is 0 Å². The van der Waals surface area contributed by atoms with E-state index in [0.29, 0.717) is 5.39 Å². The second-order valence-corrected chi connectivity index (χ2v) is 6.22. The average Bonchev–Trinajstić information content (AvgIpc) is 2.55. The normalized spacial score (nSPS) is 11.2. The van der Waals surface area contributed by atoms with Crippen LogP contribution in [0.3, 0.4) is 0 Å². The highest BCUT2D eigenvalue weighted by molar-refractivity contribution is 6.08. The summed E-state index contributed by atoms with van der Waals surface area (Å²) in [6, 6.07) is 15.0. The van der Waals surface area contributed by atoms with Crippen molar-refractivity contribution < 1.29 is 4.79 Å². The lowest BCUT2D eigenvalue weighted by Crippen LogP contribution is -2.31. The van der Waals surface area contributed by atoms with Crippen LogP contribution in [0.15, 0.2) is 53.3 Å². The number of carbonyl (C=O) groups excluding carboxylic acids is 1. The minimum atomic E-state index is -0.593. The maximum absolute atomic E-state index is 12.9. The molecule has 1 heterocycles. The Morgan fingerprint density at radius 2 is 1.58 bits per heavy atom. The summed E-state index contributed by atoms with van der Waals surface area (Å²) in [6.45, 7) is 5.74. The Bertz CT molecular complexity index is 1000. The van der Waals surface area contributed by atoms with Crippen LogP contribution in [0.5, 0.6) is 0 Å². The number of nitrogens with zero attached hydrogens (tertiary/aromatic N) is 1. The summed E-state index contributed by atoms with van der Waals surface area (Å²) < 4.78 is 1.51. The van der Waals surface area contributed by atoms with Gasteiger partial charge in [-0.05, 0) is 43.4 Å². The molecule has 122 valence electrons. The third-order valence-corrected chi connectivity index (χ3v) is 4.29. The zero-order valence-corrected chi connectivity index (χ0v) is 14.0. The van der Waals surface area contributed by atoms with Gasteiger partial charge in [0.05, 0.1) is 0 Å². The first-order valence-electron chi connectivity index (χ1n) is 7.96. The standard InChI is InChI=1S/C20H20N2O2/c1-12(2)22-18(19(21)23)17(14-9-5-4-8-13(14)3)15-10-6-7-11-16(15)20(22)24/h4-12H,1-3H3,(H2,21,23). The van der Waals surface area contributed by atoms with E-state index in [9.17, 15) is 9.59 Å². The molecule has 2 aromatic carbocycles. The van der Waals surface area contributed by atoms with E-state index in [2.05, 4.69) is 0 Å². The van der Waals surface area contributed by atoms with Gasteiger partial charge >= 0.3 is 0 Å². The Labute approximate surface area is 140 Å². The Balaban J connectivity index is 2.63. The summed E-state index contributed by atoms with van der Waals surface area (Å²) in [5.74, 6) is -0.593. The molecule has 0 aliphatic heterocycles. The average molecular weight is 320 g/mol. The molecule has 0 spiro atoms. The number of nitrogens with two attached hydrogens (primary N) is 1. The molecule has 24 heavy (non-hydrogen) atoms. The van der Waals surface area contributed by atoms with Gasteiger partial charge in [0.1, 0.15) is 5.69 Å². The van der Waals surface area contributed by atoms with Gasteiger partial charge in [-0.15, -0.1) is 0 Å². The van der Waals surface area contributed by atoms with Gasteiger partial charge in [-0.25, -0.2) is 0 Å². The van der Waals surface area contributed by atoms with Crippen LogP contribution < -0.4 is 11.3 Å². The maximum atomic E-state index is 12.9. The highest BCUT2D eigenvalue weighted by Gasteiger charge is 2.23. The summed E-state index contributed by atoms with van der Waals surface area (Å²) in [5.41, 5.74) is 8.45. The molecular formula is C20H20N2O2. The summed E-state index contributed by atoms with van der Waals surface area (Å²) in [5, 5.41) is 1.34. The lowest BCUT2D eigenvalue weighted by Gasteiger charge is -2.21. The number of rotatable bonds is 3. The Hall–Kier alpha value is -2.88. The zero-order chi connectivity index (χ0) is 17.4. The topological polar surface area (TPSA) is 65.1 Å². The quantitative estimate of drug-likeness (QED) is 0.800. The van der Waals surface area contributed by atoms with Crippen molar-refractivity contribution in [1.29, 1.82) is 0 Å². The fraction of sp³-hybridized carbons (Fsp3) is 0.200. The van der Waals surface area contributed by atoms with Gasteiger partial charge in [-0.3, -0.25) is 9.59 Å². The molecule has 0 atom stereocenters. The smallest absolute Gasteiger partial charge is 0.266 e. The summed E-state index contributed by atoms with van der Waals surface area (Å²) in [4.78, 5) is 25.2. The second-order valence-electron chi connectivity index (χ2n) is 6.22. The Morgan fingerprint density at radius 1 is 1.00 bits per heavy atom. The molecule has 1 aromatic heterocycles. The molecule has 3 aromatic rings. The van der Waals surface area contributed by atoms with Gasteiger partial charge in [0.25, 0.3) is 11.5 Å². The first-order chi connectivity index (χ1) is 11.4. The van der Waals surface area contributed by atoms with E-state index in [-0.39, 0.29) is 17.3 Å². The molecule has 4 heteroatoms. The molecular weight excluding hydrogens is 300 g/mol. The fourth-order valence-electron chi connectivity index (χ4n) is 3.23. The molecule has 0 aliphatic rings. The van der Waals surface area contributed by atoms with E-state index < -0.39 is 5.91 Å². The first kappa shape index (κ1) is 16.0. The van der Waals surface area contributed by atoms with Gasteiger partial charge in [0.2, 0.25) is 0 Å². The number of fused-ring (bicyclic) bond motifs is 1. The monoisotopic (exact) mass is 320 g/mol. The van der Waals surface area contributed by atoms with Crippen molar-refractivity contribution in [1.82, 2.24) is 4.57 Å². The lowest BCUT2D eigenvalue weighted by atomic mass is 9.93. The van der Waals surface area contributed by atoms with Crippen molar-refractivity contribution >= 4 is 16.7 Å². The number of amides is 1. The third kappa shape index (κ3) is 2.40. The van der Waals surface area contributed by atoms with Gasteiger partial charge in [0.15, 0.2) is 0 Å². The molecule has 0 saturated carbocycles. The third-order valence-electron chi connectivity index (χ3n) is 4.29. The number of aromatic nitrogens is 1. The van der Waals surface area contributed by atoms with E-state index in [1.165, 1.54) is 4.57 Å². The van der Waals surface area contributed by atoms with Crippen molar-refractivity contribution in [2.24, 2.45) is 5.73 Å². The predicted molar refractivity (Wildman–Crippen MR) is 97.3 cm³/mol. The minimum Gasteiger partial charge on any atom is -0.364 e. The summed E-state index contributed by atoms with van der Waals surface area (Å²) in [7, 11) is 0. The van der Waals surface area contributed by atoms with Crippen LogP contribution in [-0.4, -0.2) is 10.5 Å². The fourth-order valence-corrected chi connectivity index (χ4v) is 3.23. The molecule has 1 amide bonds. The van der Waals surface area contributed by atoms with Crippen molar-refractivity contribution in [3.05, 3.63) is 70.1 Å². The molecule has 2 N–H and O–H groups in total. The van der Waals surface area contributed by atoms with Gasteiger partial charge in [-0.2, -0.15) is 0 Å². The van der Waals surface area contributed by atoms with Crippen LogP contribution in [0.2, 0.25) is 0 Å². The highest BCUT2D eigenvalue weighted by Crippen LogP contribution is 2.33. The van der Waals surface area contributed by atoms with Crippen molar-refractivity contribution in [3.8, 4) is 11.1 Å². The molecule has 0 radical (unpaired) electrons. The van der Waals surface area contributed by atoms with Crippen molar-refractivity contribution in [2.45, 2.75) is 26.8 Å². The van der Waals surface area contributed by atoms with E-state index in [1.54, 1.807) is 6.07 Å². The number of pyridine rings is 1. The lowest BCUT2D eigenvalue weighted by molar-refractivity contribution is 0.0989. The molecule has 3 rings (SSSR count). The van der Waals surface area contributed by atoms with E-state index >= 15 is 0 Å². The van der Waals surface area contributed by atoms with Crippen molar-refractivity contribution in [2.75, 3.05) is 0 Å². The number of hydrogen-bond acceptors (Lipinski definition) is 2. The number of primary amides is 1. The van der Waals surface area contributed by atoms with E-state index in [1.807, 2.05) is 63.2 Å². The van der Waals surface area contributed by atoms with Crippen molar-refractivity contribution in [3.63, 3.8) is 0 Å². The molecule has 0 saturated heterocycles. The summed E-state index contributed by atoms with van der Waals surface area (Å²) >= 11 is 0. The number of aryl methyl sites for hydroxylation is 1. The minimum absolute atomic E-state index is 0.174. The zero-order valence-electron chi connectivity index (χ0n) is 14.0. The highest BCUT2D eigenvalue weighted by atomic mass is 16.2. The number of carbonyl (C=O) groups is 1. The largest absolute Gasteiger partial charge is 0.364 e. The number of benzene rings is 2. The van der Waals surface area contributed by atoms with E-state index in [4.69, 9.17) is 5.73 Å². The predicted octanol–water partition coefficient (Wildman–Crippen LogP) is 3.66. The van der Waals surface area contributed by atoms with Gasteiger partial charge in [-0.1, -0.05) is 42.5 Å². The van der Waals surface area contributed by atoms with Gasteiger partial charge < -0.3 is 10.3 Å². The second kappa shape index (κ2) is 5.96. The molecule has 0 bridgehead atoms. The molecule has 0 aliphatic carbocycles. The van der Waals surface area contributed by atoms with Crippen LogP contribution in [0.1, 0.15) is 35.9 Å². The van der Waals surface area contributed by atoms with Crippen LogP contribution in [-0.2, 0) is 0 Å². The molecule has 0 unspecified atom stereocenters. The van der Waals surface area contributed by atoms with Crippen LogP contribution in [0, 0.1) is 6.92 Å². The number of hydrogen-bond donors (Lipinski definition) is 1. The van der Waals surface area contributed by atoms with Crippen LogP contribution >= 0.6 is 0 Å². The first-order valence-corrected chi connectivity index (χ1v) is 7.96. The molecule has 0 fully saturated rings. The summed E-state index contributed by atoms with van der Waals surface area (Å²) in [6.07, 6.45) is 0. The van der Waals surface area contributed by atoms with E-state index in [0.717, 1.165) is 22.1 Å². The Kier molecular flexibility index (Phi) is 3.97. The van der Waals surface area contributed by atoms with Crippen LogP contribution in [0.25, 0.3) is 21.9 Å². The van der Waals surface area contributed by atoms with Gasteiger partial charge in [0, 0.05) is 17.0 Å². The SMILES string of the molecule is Cc1ccccc1-c1c(C(N)=O)n(C(C)C)c(=O)c2ccccc12. The Morgan fingerprint density at radius 3 is 2.17 bits per heavy atom. The molecule has 4 nitrogen and oxygen atoms in total.